The number of carbonyl (C=O) groups excluding carboxylic acids is 1. The van der Waals surface area contributed by atoms with Gasteiger partial charge in [0.15, 0.2) is 5.76 Å². The van der Waals surface area contributed by atoms with Gasteiger partial charge in [-0.15, -0.1) is 0 Å². The summed E-state index contributed by atoms with van der Waals surface area (Å²) in [7, 11) is 0. The summed E-state index contributed by atoms with van der Waals surface area (Å²) in [6, 6.07) is 14.8. The van der Waals surface area contributed by atoms with E-state index in [2.05, 4.69) is 5.32 Å². The highest BCUT2D eigenvalue weighted by molar-refractivity contribution is 7.80. The molecule has 3 rings (SSSR count). The molecule has 0 aliphatic carbocycles. The molecule has 25 heavy (non-hydrogen) atoms. The smallest absolute Gasteiger partial charge is 0.294 e. The van der Waals surface area contributed by atoms with Crippen molar-refractivity contribution in [2.45, 2.75) is 6.61 Å². The first-order chi connectivity index (χ1) is 12.1. The molecule has 2 aromatic carbocycles. The summed E-state index contributed by atoms with van der Waals surface area (Å²) in [5.41, 5.74) is 1.63. The highest BCUT2D eigenvalue weighted by Crippen LogP contribution is 2.25. The third-order valence-corrected chi connectivity index (χ3v) is 3.60. The molecule has 0 spiro atoms. The normalized spacial score (nSPS) is 15.4. The van der Waals surface area contributed by atoms with Crippen LogP contribution in [-0.2, 0) is 16.1 Å². The first-order valence-electron chi connectivity index (χ1n) is 7.53. The van der Waals surface area contributed by atoms with Crippen molar-refractivity contribution in [1.82, 2.24) is 5.32 Å². The Morgan fingerprint density at radius 3 is 2.68 bits per heavy atom. The van der Waals surface area contributed by atoms with Gasteiger partial charge in [0.1, 0.15) is 18.1 Å². The maximum absolute atomic E-state index is 11.4. The number of hydrogen-bond donors (Lipinski definition) is 2. The maximum atomic E-state index is 11.4. The minimum absolute atomic E-state index is 0.0346. The number of phenols is 1. The lowest BCUT2D eigenvalue weighted by atomic mass is 10.1. The van der Waals surface area contributed by atoms with Gasteiger partial charge in [-0.3, -0.25) is 10.1 Å². The van der Waals surface area contributed by atoms with Crippen molar-refractivity contribution in [1.29, 1.82) is 0 Å². The van der Waals surface area contributed by atoms with Crippen LogP contribution in [0.5, 0.6) is 11.5 Å². The number of allylic oxidation sites excluding steroid dienone is 2. The molecule has 0 aromatic heterocycles. The summed E-state index contributed by atoms with van der Waals surface area (Å²) in [6.45, 7) is 0.425. The first-order valence-corrected chi connectivity index (χ1v) is 7.94. The van der Waals surface area contributed by atoms with Gasteiger partial charge < -0.3 is 14.6 Å². The second kappa shape index (κ2) is 7.63. The van der Waals surface area contributed by atoms with Crippen LogP contribution in [0.4, 0.5) is 0 Å². The van der Waals surface area contributed by atoms with Crippen LogP contribution in [0.2, 0.25) is 0 Å². The topological polar surface area (TPSA) is 67.8 Å². The van der Waals surface area contributed by atoms with Gasteiger partial charge in [-0.05, 0) is 36.0 Å². The van der Waals surface area contributed by atoms with Crippen molar-refractivity contribution in [3.8, 4) is 11.5 Å². The molecule has 6 heteroatoms. The summed E-state index contributed by atoms with van der Waals surface area (Å²) in [4.78, 5) is 11.4. The summed E-state index contributed by atoms with van der Waals surface area (Å²) in [5.74, 6) is 0.375. The quantitative estimate of drug-likeness (QED) is 0.638. The van der Waals surface area contributed by atoms with Crippen LogP contribution in [0.3, 0.4) is 0 Å². The average Bonchev–Trinajstić information content (AvgIpc) is 2.93. The Morgan fingerprint density at radius 2 is 2.00 bits per heavy atom. The highest BCUT2D eigenvalue weighted by atomic mass is 32.1. The number of aromatic hydroxyl groups is 1. The number of hydrogen-bond acceptors (Lipinski definition) is 5. The van der Waals surface area contributed by atoms with Gasteiger partial charge in [0.05, 0.1) is 0 Å². The molecule has 1 aliphatic heterocycles. The van der Waals surface area contributed by atoms with Crippen molar-refractivity contribution >= 4 is 29.4 Å². The average molecular weight is 353 g/mol. The summed E-state index contributed by atoms with van der Waals surface area (Å²) in [6.07, 6.45) is 4.73. The molecule has 0 atom stereocenters. The second-order valence-electron chi connectivity index (χ2n) is 5.23. The number of nitrogens with one attached hydrogen (secondary N) is 1. The molecular weight excluding hydrogens is 338 g/mol. The van der Waals surface area contributed by atoms with E-state index in [1.54, 1.807) is 30.4 Å². The molecule has 2 aromatic rings. The Hall–Kier alpha value is -3.12. The Balaban J connectivity index is 1.64. The molecule has 0 radical (unpaired) electrons. The zero-order chi connectivity index (χ0) is 17.6. The standard InChI is InChI=1S/C19H15NO4S/c21-16-11-15(23-12-13-5-2-1-3-6-13)10-9-14(16)7-4-8-17-18(22)20-19(25)24-17/h1-11,21H,12H2,(H,20,22,25). The molecular formula is C19H15NO4S. The van der Waals surface area contributed by atoms with Gasteiger partial charge in [-0.2, -0.15) is 0 Å². The molecule has 1 fully saturated rings. The van der Waals surface area contributed by atoms with E-state index in [-0.39, 0.29) is 22.6 Å². The Labute approximate surface area is 150 Å². The zero-order valence-electron chi connectivity index (χ0n) is 13.1. The van der Waals surface area contributed by atoms with Crippen molar-refractivity contribution in [2.75, 3.05) is 0 Å². The molecule has 2 N–H and O–H groups in total. The third kappa shape index (κ3) is 4.45. The van der Waals surface area contributed by atoms with E-state index in [0.29, 0.717) is 17.9 Å². The SMILES string of the molecule is O=C1NC(=S)OC1=CC=Cc1ccc(OCc2ccccc2)cc1O. The predicted octanol–water partition coefficient (Wildman–Crippen LogP) is 3.30. The van der Waals surface area contributed by atoms with Gasteiger partial charge in [0.2, 0.25) is 0 Å². The molecule has 1 heterocycles. The van der Waals surface area contributed by atoms with Crippen LogP contribution >= 0.6 is 12.2 Å². The lowest BCUT2D eigenvalue weighted by Crippen LogP contribution is -2.18. The zero-order valence-corrected chi connectivity index (χ0v) is 14.0. The predicted molar refractivity (Wildman–Crippen MR) is 97.8 cm³/mol. The van der Waals surface area contributed by atoms with Crippen molar-refractivity contribution < 1.29 is 19.4 Å². The summed E-state index contributed by atoms with van der Waals surface area (Å²) >= 11 is 4.74. The van der Waals surface area contributed by atoms with E-state index in [1.165, 1.54) is 6.08 Å². The van der Waals surface area contributed by atoms with E-state index in [4.69, 9.17) is 21.7 Å². The lowest BCUT2D eigenvalue weighted by Gasteiger charge is -2.07. The van der Waals surface area contributed by atoms with Gasteiger partial charge >= 0.3 is 0 Å². The second-order valence-corrected chi connectivity index (χ2v) is 5.60. The van der Waals surface area contributed by atoms with Gasteiger partial charge in [-0.1, -0.05) is 42.5 Å². The van der Waals surface area contributed by atoms with Crippen LogP contribution in [0.1, 0.15) is 11.1 Å². The van der Waals surface area contributed by atoms with E-state index < -0.39 is 0 Å². The minimum Gasteiger partial charge on any atom is -0.507 e. The van der Waals surface area contributed by atoms with Crippen LogP contribution in [0.15, 0.2) is 66.4 Å². The maximum Gasteiger partial charge on any atom is 0.294 e. The number of benzene rings is 2. The number of thiocarbonyl (C=S) groups is 1. The first kappa shape index (κ1) is 16.7. The van der Waals surface area contributed by atoms with Gasteiger partial charge in [-0.25, -0.2) is 0 Å². The number of rotatable bonds is 5. The van der Waals surface area contributed by atoms with Crippen molar-refractivity contribution in [3.63, 3.8) is 0 Å². The molecule has 1 saturated heterocycles. The number of amides is 1. The molecule has 1 amide bonds. The van der Waals surface area contributed by atoms with E-state index in [1.807, 2.05) is 30.3 Å². The van der Waals surface area contributed by atoms with Crippen LogP contribution in [0, 0.1) is 0 Å². The molecule has 0 unspecified atom stereocenters. The Kier molecular flexibility index (Phi) is 5.11. The monoisotopic (exact) mass is 353 g/mol. The van der Waals surface area contributed by atoms with Crippen LogP contribution < -0.4 is 10.1 Å². The van der Waals surface area contributed by atoms with Crippen LogP contribution in [0.25, 0.3) is 6.08 Å². The number of phenolic OH excluding ortho intramolecular Hbond substituents is 1. The van der Waals surface area contributed by atoms with Gasteiger partial charge in [0.25, 0.3) is 11.1 Å². The minimum atomic E-state index is -0.386. The lowest BCUT2D eigenvalue weighted by molar-refractivity contribution is -0.116. The Bertz CT molecular complexity index is 859. The molecule has 0 bridgehead atoms. The van der Waals surface area contributed by atoms with Crippen molar-refractivity contribution in [2.24, 2.45) is 0 Å². The van der Waals surface area contributed by atoms with Crippen molar-refractivity contribution in [3.05, 3.63) is 77.6 Å². The van der Waals surface area contributed by atoms with Crippen LogP contribution in [-0.4, -0.2) is 16.2 Å². The van der Waals surface area contributed by atoms with E-state index in [0.717, 1.165) is 5.56 Å². The third-order valence-electron chi connectivity index (χ3n) is 3.42. The largest absolute Gasteiger partial charge is 0.507 e. The number of ether oxygens (including phenoxy) is 2. The van der Waals surface area contributed by atoms with E-state index >= 15 is 0 Å². The van der Waals surface area contributed by atoms with E-state index in [9.17, 15) is 9.90 Å². The fourth-order valence-corrected chi connectivity index (χ4v) is 2.35. The Morgan fingerprint density at radius 1 is 1.20 bits per heavy atom. The molecule has 1 aliphatic rings. The molecule has 126 valence electrons. The number of carbonyl (C=O) groups is 1. The highest BCUT2D eigenvalue weighted by Gasteiger charge is 2.22. The molecule has 0 saturated carbocycles. The summed E-state index contributed by atoms with van der Waals surface area (Å²) < 4.78 is 10.7. The summed E-state index contributed by atoms with van der Waals surface area (Å²) in [5, 5.41) is 12.5. The molecule has 5 nitrogen and oxygen atoms in total. The van der Waals surface area contributed by atoms with Gasteiger partial charge in [0, 0.05) is 11.6 Å². The fraction of sp³-hybridized carbons (Fsp3) is 0.0526. The fourth-order valence-electron chi connectivity index (χ4n) is 2.17.